The molecule has 1 atom stereocenters. The maximum Gasteiger partial charge on any atom is 0.331 e. The van der Waals surface area contributed by atoms with Gasteiger partial charge < -0.3 is 4.74 Å². The van der Waals surface area contributed by atoms with E-state index in [0.717, 1.165) is 18.4 Å². The third kappa shape index (κ3) is 11.3. The van der Waals surface area contributed by atoms with E-state index >= 15 is 0 Å². The lowest BCUT2D eigenvalue weighted by Crippen LogP contribution is -2.00. The highest BCUT2D eigenvalue weighted by atomic mass is 16.5. The zero-order valence-electron chi connectivity index (χ0n) is 13.1. The second-order valence-electron chi connectivity index (χ2n) is 5.30. The molecule has 0 aromatic heterocycles. The molecule has 0 saturated heterocycles. The number of hydrogen-bond acceptors (Lipinski definition) is 2. The normalized spacial score (nSPS) is 12.8. The molecule has 110 valence electrons. The van der Waals surface area contributed by atoms with Crippen LogP contribution in [0.15, 0.2) is 35.5 Å². The van der Waals surface area contributed by atoms with E-state index in [1.807, 2.05) is 13.0 Å². The van der Waals surface area contributed by atoms with Crippen molar-refractivity contribution >= 4 is 5.97 Å². The molecule has 2 heteroatoms. The summed E-state index contributed by atoms with van der Waals surface area (Å²) >= 11 is 0. The number of rotatable bonds is 8. The molecule has 0 bridgehead atoms. The van der Waals surface area contributed by atoms with Crippen molar-refractivity contribution in [2.24, 2.45) is 5.92 Å². The fourth-order valence-corrected chi connectivity index (χ4v) is 1.65. The first-order chi connectivity index (χ1) is 9.45. The summed E-state index contributed by atoms with van der Waals surface area (Å²) in [6, 6.07) is 0. The number of carbonyl (C=O) groups excluding carboxylic acids is 1. The SMILES string of the molecule is C#CCOC(=O)/C=C(C)/C=C/CC(C)CCC=C(C)C. The number of ether oxygens (including phenoxy) is 1. The maximum atomic E-state index is 11.3. The number of hydrogen-bond donors (Lipinski definition) is 0. The van der Waals surface area contributed by atoms with Crippen molar-refractivity contribution in [1.82, 2.24) is 0 Å². The van der Waals surface area contributed by atoms with Crippen LogP contribution in [0.2, 0.25) is 0 Å². The maximum absolute atomic E-state index is 11.3. The second kappa shape index (κ2) is 11.1. The van der Waals surface area contributed by atoms with Crippen molar-refractivity contribution < 1.29 is 9.53 Å². The molecule has 0 radical (unpaired) electrons. The Bertz CT molecular complexity index is 415. The van der Waals surface area contributed by atoms with Crippen LogP contribution in [0.5, 0.6) is 0 Å². The second-order valence-corrected chi connectivity index (χ2v) is 5.30. The molecule has 0 aromatic rings. The molecular formula is C18H26O2. The van der Waals surface area contributed by atoms with Gasteiger partial charge in [-0.05, 0) is 51.5 Å². The summed E-state index contributed by atoms with van der Waals surface area (Å²) in [7, 11) is 0. The molecular weight excluding hydrogens is 248 g/mol. The highest BCUT2D eigenvalue weighted by Crippen LogP contribution is 2.13. The predicted octanol–water partition coefficient (Wildman–Crippen LogP) is 4.44. The largest absolute Gasteiger partial charge is 0.449 e. The molecule has 0 rings (SSSR count). The molecule has 0 heterocycles. The summed E-state index contributed by atoms with van der Waals surface area (Å²) in [4.78, 5) is 11.3. The van der Waals surface area contributed by atoms with Gasteiger partial charge in [-0.15, -0.1) is 6.42 Å². The topological polar surface area (TPSA) is 26.3 Å². The first-order valence-electron chi connectivity index (χ1n) is 7.04. The molecule has 0 amide bonds. The van der Waals surface area contributed by atoms with Crippen LogP contribution in [0.1, 0.15) is 47.0 Å². The van der Waals surface area contributed by atoms with Gasteiger partial charge in [-0.1, -0.05) is 36.6 Å². The smallest absolute Gasteiger partial charge is 0.331 e. The van der Waals surface area contributed by atoms with Gasteiger partial charge in [0.15, 0.2) is 6.61 Å². The Labute approximate surface area is 123 Å². The highest BCUT2D eigenvalue weighted by Gasteiger charge is 1.99. The van der Waals surface area contributed by atoms with E-state index in [1.54, 1.807) is 0 Å². The van der Waals surface area contributed by atoms with Crippen LogP contribution >= 0.6 is 0 Å². The molecule has 0 aliphatic heterocycles. The molecule has 0 saturated carbocycles. The molecule has 0 aromatic carbocycles. The van der Waals surface area contributed by atoms with Crippen molar-refractivity contribution in [2.75, 3.05) is 6.61 Å². The predicted molar refractivity (Wildman–Crippen MR) is 85.1 cm³/mol. The number of esters is 1. The van der Waals surface area contributed by atoms with E-state index in [1.165, 1.54) is 18.1 Å². The van der Waals surface area contributed by atoms with Crippen molar-refractivity contribution in [3.05, 3.63) is 35.5 Å². The van der Waals surface area contributed by atoms with Crippen LogP contribution in [0.4, 0.5) is 0 Å². The summed E-state index contributed by atoms with van der Waals surface area (Å²) < 4.78 is 4.77. The van der Waals surface area contributed by atoms with Crippen LogP contribution in [0.3, 0.4) is 0 Å². The van der Waals surface area contributed by atoms with Gasteiger partial charge in [0.1, 0.15) is 0 Å². The molecule has 0 fully saturated rings. The molecule has 0 aliphatic carbocycles. The van der Waals surface area contributed by atoms with E-state index in [4.69, 9.17) is 11.2 Å². The standard InChI is InChI=1S/C18H26O2/c1-6-13-20-18(19)14-17(5)12-8-11-16(4)10-7-9-15(2)3/h1,8-9,12,14,16H,7,10-11,13H2,2-5H3/b12-8+,17-14+. The molecule has 2 nitrogen and oxygen atoms in total. The Balaban J connectivity index is 4.04. The lowest BCUT2D eigenvalue weighted by molar-refractivity contribution is -0.136. The quantitative estimate of drug-likeness (QED) is 0.215. The third-order valence-electron chi connectivity index (χ3n) is 2.77. The third-order valence-corrected chi connectivity index (χ3v) is 2.77. The minimum atomic E-state index is -0.387. The van der Waals surface area contributed by atoms with Gasteiger partial charge in [-0.3, -0.25) is 0 Å². The van der Waals surface area contributed by atoms with Crippen LogP contribution in [0.25, 0.3) is 0 Å². The van der Waals surface area contributed by atoms with Crippen molar-refractivity contribution in [2.45, 2.75) is 47.0 Å². The molecule has 20 heavy (non-hydrogen) atoms. The van der Waals surface area contributed by atoms with Gasteiger partial charge in [0.25, 0.3) is 0 Å². The molecule has 0 spiro atoms. The van der Waals surface area contributed by atoms with Gasteiger partial charge in [-0.25, -0.2) is 4.79 Å². The summed E-state index contributed by atoms with van der Waals surface area (Å²) in [6.07, 6.45) is 16.1. The van der Waals surface area contributed by atoms with Crippen LogP contribution in [0, 0.1) is 18.3 Å². The summed E-state index contributed by atoms with van der Waals surface area (Å²) in [5.41, 5.74) is 2.25. The van der Waals surface area contributed by atoms with E-state index in [2.05, 4.69) is 38.8 Å². The molecule has 0 N–H and O–H groups in total. The summed E-state index contributed by atoms with van der Waals surface area (Å²) in [5, 5.41) is 0. The lowest BCUT2D eigenvalue weighted by atomic mass is 10.0. The van der Waals surface area contributed by atoms with Crippen molar-refractivity contribution in [1.29, 1.82) is 0 Å². The zero-order chi connectivity index (χ0) is 15.4. The molecule has 1 unspecified atom stereocenters. The summed E-state index contributed by atoms with van der Waals surface area (Å²) in [5.74, 6) is 2.52. The van der Waals surface area contributed by atoms with Gasteiger partial charge >= 0.3 is 5.97 Å². The van der Waals surface area contributed by atoms with E-state index < -0.39 is 0 Å². The Kier molecular flexibility index (Phi) is 10.1. The van der Waals surface area contributed by atoms with Gasteiger partial charge in [0.05, 0.1) is 0 Å². The Morgan fingerprint density at radius 3 is 2.65 bits per heavy atom. The highest BCUT2D eigenvalue weighted by molar-refractivity contribution is 5.83. The number of terminal acetylenes is 1. The van der Waals surface area contributed by atoms with E-state index in [-0.39, 0.29) is 12.6 Å². The van der Waals surface area contributed by atoms with Crippen LogP contribution in [-0.2, 0) is 9.53 Å². The minimum absolute atomic E-state index is 0.0216. The van der Waals surface area contributed by atoms with Gasteiger partial charge in [0.2, 0.25) is 0 Å². The monoisotopic (exact) mass is 274 g/mol. The fourth-order valence-electron chi connectivity index (χ4n) is 1.65. The van der Waals surface area contributed by atoms with Crippen LogP contribution < -0.4 is 0 Å². The first kappa shape index (κ1) is 18.2. The zero-order valence-corrected chi connectivity index (χ0v) is 13.1. The Hall–Kier alpha value is -1.75. The Morgan fingerprint density at radius 2 is 2.05 bits per heavy atom. The average molecular weight is 274 g/mol. The lowest BCUT2D eigenvalue weighted by Gasteiger charge is -2.06. The Morgan fingerprint density at radius 1 is 1.35 bits per heavy atom. The van der Waals surface area contributed by atoms with Crippen LogP contribution in [-0.4, -0.2) is 12.6 Å². The van der Waals surface area contributed by atoms with Crippen molar-refractivity contribution in [3.8, 4) is 12.3 Å². The first-order valence-corrected chi connectivity index (χ1v) is 7.04. The summed E-state index contributed by atoms with van der Waals surface area (Å²) in [6.45, 7) is 8.38. The van der Waals surface area contributed by atoms with Crippen molar-refractivity contribution in [3.63, 3.8) is 0 Å². The van der Waals surface area contributed by atoms with Gasteiger partial charge in [-0.2, -0.15) is 0 Å². The van der Waals surface area contributed by atoms with E-state index in [0.29, 0.717) is 5.92 Å². The number of carbonyl (C=O) groups is 1. The fraction of sp³-hybridized carbons (Fsp3) is 0.500. The average Bonchev–Trinajstić information content (AvgIpc) is 2.35. The molecule has 0 aliphatic rings. The van der Waals surface area contributed by atoms with E-state index in [9.17, 15) is 4.79 Å². The number of allylic oxidation sites excluding steroid dienone is 5. The minimum Gasteiger partial charge on any atom is -0.449 e. The van der Waals surface area contributed by atoms with Gasteiger partial charge in [0, 0.05) is 6.08 Å².